The number of nitrogens with two attached hydrogens (primary N) is 1. The molecule has 0 aliphatic heterocycles. The fourth-order valence-corrected chi connectivity index (χ4v) is 2.84. The summed E-state index contributed by atoms with van der Waals surface area (Å²) in [7, 11) is 0. The maximum absolute atomic E-state index is 12.0. The topological polar surface area (TPSA) is 83.5 Å². The molecule has 3 rings (SSSR count). The molecule has 0 heterocycles. The largest absolute Gasteiger partial charge is 0.506 e. The Morgan fingerprint density at radius 2 is 1.86 bits per heavy atom. The van der Waals surface area contributed by atoms with Crippen molar-refractivity contribution < 1.29 is 15.0 Å². The van der Waals surface area contributed by atoms with E-state index in [1.54, 1.807) is 6.07 Å². The molecule has 1 aliphatic rings. The van der Waals surface area contributed by atoms with E-state index < -0.39 is 11.4 Å². The van der Waals surface area contributed by atoms with Crippen LogP contribution in [0.4, 0.5) is 0 Å². The number of aliphatic carboxylic acids is 1. The zero-order valence-corrected chi connectivity index (χ0v) is 11.3. The summed E-state index contributed by atoms with van der Waals surface area (Å²) in [6.07, 6.45) is 2.94. The summed E-state index contributed by atoms with van der Waals surface area (Å²) in [5.74, 6) is -1.04. The van der Waals surface area contributed by atoms with Gasteiger partial charge in [0.25, 0.3) is 0 Å². The van der Waals surface area contributed by atoms with Crippen LogP contribution >= 0.6 is 0 Å². The molecule has 0 saturated heterocycles. The first-order chi connectivity index (χ1) is 10.0. The number of aliphatic hydroxyl groups is 1. The maximum atomic E-state index is 12.0. The van der Waals surface area contributed by atoms with Gasteiger partial charge in [-0.15, -0.1) is 0 Å². The molecule has 0 radical (unpaired) electrons. The second kappa shape index (κ2) is 4.66. The second-order valence-corrected chi connectivity index (χ2v) is 5.22. The molecule has 0 saturated carbocycles. The van der Waals surface area contributed by atoms with Gasteiger partial charge in [-0.2, -0.15) is 0 Å². The fraction of sp³-hybridized carbons (Fsp3) is 0.118. The van der Waals surface area contributed by atoms with Crippen molar-refractivity contribution >= 4 is 16.7 Å². The Bertz CT molecular complexity index is 786. The Hall–Kier alpha value is -2.75. The Balaban J connectivity index is 2.28. The monoisotopic (exact) mass is 281 g/mol. The van der Waals surface area contributed by atoms with Crippen molar-refractivity contribution in [1.29, 1.82) is 0 Å². The van der Waals surface area contributed by atoms with E-state index in [1.807, 2.05) is 36.4 Å². The van der Waals surface area contributed by atoms with E-state index in [9.17, 15) is 15.0 Å². The van der Waals surface area contributed by atoms with Gasteiger partial charge >= 0.3 is 5.97 Å². The maximum Gasteiger partial charge on any atom is 0.318 e. The molecule has 0 amide bonds. The van der Waals surface area contributed by atoms with Gasteiger partial charge in [-0.25, -0.2) is 0 Å². The number of hydrogen-bond donors (Lipinski definition) is 3. The number of benzene rings is 2. The van der Waals surface area contributed by atoms with E-state index in [4.69, 9.17) is 5.73 Å². The molecule has 0 aromatic heterocycles. The van der Waals surface area contributed by atoms with E-state index in [-0.39, 0.29) is 17.9 Å². The predicted octanol–water partition coefficient (Wildman–Crippen LogP) is 2.85. The lowest BCUT2D eigenvalue weighted by Gasteiger charge is -2.30. The molecule has 1 unspecified atom stereocenters. The summed E-state index contributed by atoms with van der Waals surface area (Å²) in [4.78, 5) is 12.0. The SMILES string of the molecule is NC1=C(O)C=CC(C(=O)O)(c2cccc3ccccc23)C1. The van der Waals surface area contributed by atoms with E-state index in [0.29, 0.717) is 5.56 Å². The summed E-state index contributed by atoms with van der Waals surface area (Å²) in [6, 6.07) is 13.2. The number of hydrogen-bond acceptors (Lipinski definition) is 3. The first-order valence-electron chi connectivity index (χ1n) is 6.63. The molecule has 4 heteroatoms. The average Bonchev–Trinajstić information content (AvgIpc) is 2.49. The smallest absolute Gasteiger partial charge is 0.318 e. The third-order valence-corrected chi connectivity index (χ3v) is 3.98. The van der Waals surface area contributed by atoms with Crippen molar-refractivity contribution in [3.63, 3.8) is 0 Å². The van der Waals surface area contributed by atoms with Gasteiger partial charge in [0.1, 0.15) is 11.2 Å². The molecule has 4 N–H and O–H groups in total. The quantitative estimate of drug-likeness (QED) is 0.790. The highest BCUT2D eigenvalue weighted by Gasteiger charge is 2.41. The summed E-state index contributed by atoms with van der Waals surface area (Å²) in [6.45, 7) is 0. The molecule has 2 aromatic carbocycles. The molecule has 4 nitrogen and oxygen atoms in total. The van der Waals surface area contributed by atoms with Crippen molar-refractivity contribution in [2.24, 2.45) is 5.73 Å². The van der Waals surface area contributed by atoms with Crippen molar-refractivity contribution in [2.45, 2.75) is 11.8 Å². The lowest BCUT2D eigenvalue weighted by molar-refractivity contribution is -0.141. The van der Waals surface area contributed by atoms with Gasteiger partial charge in [-0.3, -0.25) is 4.79 Å². The van der Waals surface area contributed by atoms with Crippen LogP contribution in [0.2, 0.25) is 0 Å². The highest BCUT2D eigenvalue weighted by molar-refractivity contribution is 5.95. The standard InChI is InChI=1S/C17H15NO3/c18-14-10-17(16(20)21,9-8-15(14)19)13-7-3-5-11-4-1-2-6-12(11)13/h1-9,19H,10,18H2,(H,20,21). The first-order valence-corrected chi connectivity index (χ1v) is 6.63. The van der Waals surface area contributed by atoms with E-state index >= 15 is 0 Å². The van der Waals surface area contributed by atoms with Gasteiger partial charge in [0.05, 0.1) is 5.70 Å². The molecule has 106 valence electrons. The number of carboxylic acids is 1. The number of fused-ring (bicyclic) bond motifs is 1. The summed E-state index contributed by atoms with van der Waals surface area (Å²) in [5.41, 5.74) is 5.40. The normalized spacial score (nSPS) is 21.7. The molecule has 0 spiro atoms. The van der Waals surface area contributed by atoms with Gasteiger partial charge < -0.3 is 15.9 Å². The van der Waals surface area contributed by atoms with Crippen molar-refractivity contribution in [2.75, 3.05) is 0 Å². The summed E-state index contributed by atoms with van der Waals surface area (Å²) >= 11 is 0. The zero-order valence-electron chi connectivity index (χ0n) is 11.3. The lowest BCUT2D eigenvalue weighted by Crippen LogP contribution is -2.37. The van der Waals surface area contributed by atoms with Gasteiger partial charge in [-0.05, 0) is 22.4 Å². The lowest BCUT2D eigenvalue weighted by atomic mass is 9.72. The third-order valence-electron chi connectivity index (χ3n) is 3.98. The molecular weight excluding hydrogens is 266 g/mol. The van der Waals surface area contributed by atoms with Gasteiger partial charge in [0.15, 0.2) is 0 Å². The highest BCUT2D eigenvalue weighted by Crippen LogP contribution is 2.39. The van der Waals surface area contributed by atoms with Crippen LogP contribution in [0, 0.1) is 0 Å². The minimum atomic E-state index is -1.25. The van der Waals surface area contributed by atoms with Gasteiger partial charge in [0, 0.05) is 6.42 Å². The highest BCUT2D eigenvalue weighted by atomic mass is 16.4. The number of rotatable bonds is 2. The fourth-order valence-electron chi connectivity index (χ4n) is 2.84. The van der Waals surface area contributed by atoms with E-state index in [1.165, 1.54) is 12.2 Å². The summed E-state index contributed by atoms with van der Waals surface area (Å²) < 4.78 is 0. The predicted molar refractivity (Wildman–Crippen MR) is 80.9 cm³/mol. The molecule has 1 atom stereocenters. The Labute approximate surface area is 121 Å². The summed E-state index contributed by atoms with van der Waals surface area (Å²) in [5, 5.41) is 21.3. The van der Waals surface area contributed by atoms with Crippen LogP contribution in [-0.4, -0.2) is 16.2 Å². The third kappa shape index (κ3) is 1.96. The van der Waals surface area contributed by atoms with Crippen molar-refractivity contribution in [1.82, 2.24) is 0 Å². The van der Waals surface area contributed by atoms with Crippen LogP contribution in [0.1, 0.15) is 12.0 Å². The van der Waals surface area contributed by atoms with Crippen LogP contribution in [0.25, 0.3) is 10.8 Å². The minimum Gasteiger partial charge on any atom is -0.506 e. The molecular formula is C17H15NO3. The van der Waals surface area contributed by atoms with E-state index in [2.05, 4.69) is 0 Å². The zero-order chi connectivity index (χ0) is 15.0. The van der Waals surface area contributed by atoms with Crippen LogP contribution in [0.3, 0.4) is 0 Å². The molecule has 0 fully saturated rings. The molecule has 0 bridgehead atoms. The Kier molecular flexibility index (Phi) is 2.94. The molecule has 2 aromatic rings. The van der Waals surface area contributed by atoms with Crippen LogP contribution in [0.5, 0.6) is 0 Å². The van der Waals surface area contributed by atoms with E-state index in [0.717, 1.165) is 10.8 Å². The molecule has 1 aliphatic carbocycles. The number of aliphatic hydroxyl groups excluding tert-OH is 1. The first kappa shape index (κ1) is 13.2. The van der Waals surface area contributed by atoms with Crippen LogP contribution < -0.4 is 5.73 Å². The Morgan fingerprint density at radius 3 is 2.57 bits per heavy atom. The van der Waals surface area contributed by atoms with Gasteiger partial charge in [0.2, 0.25) is 0 Å². The second-order valence-electron chi connectivity index (χ2n) is 5.22. The molecule has 21 heavy (non-hydrogen) atoms. The average molecular weight is 281 g/mol. The van der Waals surface area contributed by atoms with Crippen molar-refractivity contribution in [3.05, 3.63) is 71.6 Å². The van der Waals surface area contributed by atoms with Crippen LogP contribution in [-0.2, 0) is 10.2 Å². The number of carboxylic acid groups (broad SMARTS) is 1. The van der Waals surface area contributed by atoms with Gasteiger partial charge in [-0.1, -0.05) is 48.5 Å². The van der Waals surface area contributed by atoms with Crippen LogP contribution in [0.15, 0.2) is 66.1 Å². The Morgan fingerprint density at radius 1 is 1.14 bits per heavy atom. The minimum absolute atomic E-state index is 0.0542. The number of allylic oxidation sites excluding steroid dienone is 2. The van der Waals surface area contributed by atoms with Crippen molar-refractivity contribution in [3.8, 4) is 0 Å². The number of carbonyl (C=O) groups is 1.